The Labute approximate surface area is 125 Å². The van der Waals surface area contributed by atoms with Gasteiger partial charge in [-0.1, -0.05) is 0 Å². The molecule has 0 aliphatic carbocycles. The smallest absolute Gasteiger partial charge is 0.306 e. The lowest BCUT2D eigenvalue weighted by Gasteiger charge is -2.19. The largest absolute Gasteiger partial charge is 0.460 e. The van der Waals surface area contributed by atoms with Crippen LogP contribution in [0.3, 0.4) is 0 Å². The minimum absolute atomic E-state index is 0.0309. The zero-order valence-electron chi connectivity index (χ0n) is 13.3. The summed E-state index contributed by atoms with van der Waals surface area (Å²) >= 11 is 0. The predicted molar refractivity (Wildman–Crippen MR) is 77.6 cm³/mol. The highest BCUT2D eigenvalue weighted by Crippen LogP contribution is 2.08. The average Bonchev–Trinajstić information content (AvgIpc) is 2.34. The Morgan fingerprint density at radius 1 is 0.905 bits per heavy atom. The van der Waals surface area contributed by atoms with Crippen molar-refractivity contribution in [3.63, 3.8) is 0 Å². The lowest BCUT2D eigenvalue weighted by atomic mass is 10.2. The van der Waals surface area contributed by atoms with E-state index in [1.54, 1.807) is 27.9 Å². The molecule has 0 bridgehead atoms. The van der Waals surface area contributed by atoms with E-state index in [0.29, 0.717) is 13.2 Å². The maximum atomic E-state index is 11.5. The maximum absolute atomic E-state index is 11.5. The Morgan fingerprint density at radius 3 is 2.05 bits per heavy atom. The molecule has 0 saturated heterocycles. The first kappa shape index (κ1) is 19.4. The summed E-state index contributed by atoms with van der Waals surface area (Å²) in [5, 5.41) is 5.23. The molecule has 7 heteroatoms. The average molecular weight is 302 g/mol. The molecular formula is C14H26N2O5. The summed E-state index contributed by atoms with van der Waals surface area (Å²) < 4.78 is 9.89. The number of methoxy groups -OCH3 is 1. The van der Waals surface area contributed by atoms with E-state index in [1.807, 2.05) is 0 Å². The van der Waals surface area contributed by atoms with E-state index in [0.717, 1.165) is 0 Å². The number of hydrogen-bond donors (Lipinski definition) is 2. The zero-order chi connectivity index (χ0) is 16.3. The predicted octanol–water partition coefficient (Wildman–Crippen LogP) is 0.377. The van der Waals surface area contributed by atoms with Gasteiger partial charge in [-0.15, -0.1) is 0 Å². The quantitative estimate of drug-likeness (QED) is 0.474. The zero-order valence-corrected chi connectivity index (χ0v) is 13.3. The normalized spacial score (nSPS) is 10.9. The van der Waals surface area contributed by atoms with Gasteiger partial charge in [0.25, 0.3) is 0 Å². The lowest BCUT2D eigenvalue weighted by Crippen LogP contribution is -2.32. The van der Waals surface area contributed by atoms with Crippen molar-refractivity contribution in [1.82, 2.24) is 10.6 Å². The first-order chi connectivity index (χ1) is 9.74. The highest BCUT2D eigenvalue weighted by molar-refractivity contribution is 5.82. The highest BCUT2D eigenvalue weighted by atomic mass is 16.6. The van der Waals surface area contributed by atoms with Crippen molar-refractivity contribution < 1.29 is 23.9 Å². The Morgan fingerprint density at radius 2 is 1.48 bits per heavy atom. The van der Waals surface area contributed by atoms with Crippen LogP contribution in [0, 0.1) is 0 Å². The third-order valence-electron chi connectivity index (χ3n) is 2.28. The Bertz CT molecular complexity index is 350. The molecule has 2 amide bonds. The van der Waals surface area contributed by atoms with Gasteiger partial charge in [-0.25, -0.2) is 0 Å². The van der Waals surface area contributed by atoms with Crippen molar-refractivity contribution in [2.45, 2.75) is 45.6 Å². The minimum Gasteiger partial charge on any atom is -0.460 e. The van der Waals surface area contributed by atoms with Gasteiger partial charge < -0.3 is 20.1 Å². The van der Waals surface area contributed by atoms with Gasteiger partial charge >= 0.3 is 5.97 Å². The molecule has 0 heterocycles. The van der Waals surface area contributed by atoms with Crippen LogP contribution in [0.25, 0.3) is 0 Å². The monoisotopic (exact) mass is 302 g/mol. The third-order valence-corrected chi connectivity index (χ3v) is 2.28. The second-order valence-corrected chi connectivity index (χ2v) is 5.53. The minimum atomic E-state index is -0.548. The van der Waals surface area contributed by atoms with E-state index in [9.17, 15) is 14.4 Å². The van der Waals surface area contributed by atoms with Crippen LogP contribution in [0.4, 0.5) is 0 Å². The van der Waals surface area contributed by atoms with Crippen LogP contribution < -0.4 is 10.6 Å². The molecule has 0 rings (SSSR count). The maximum Gasteiger partial charge on any atom is 0.306 e. The Balaban J connectivity index is 3.67. The van der Waals surface area contributed by atoms with Gasteiger partial charge in [-0.05, 0) is 20.8 Å². The summed E-state index contributed by atoms with van der Waals surface area (Å²) in [4.78, 5) is 34.2. The van der Waals surface area contributed by atoms with E-state index in [4.69, 9.17) is 9.47 Å². The topological polar surface area (TPSA) is 93.7 Å². The summed E-state index contributed by atoms with van der Waals surface area (Å²) in [6.45, 7) is 6.45. The van der Waals surface area contributed by atoms with Gasteiger partial charge in [0.1, 0.15) is 5.60 Å². The molecule has 7 nitrogen and oxygen atoms in total. The van der Waals surface area contributed by atoms with E-state index < -0.39 is 11.6 Å². The van der Waals surface area contributed by atoms with Crippen LogP contribution >= 0.6 is 0 Å². The SMILES string of the molecule is COCCNC(=O)CCNC(=O)CCC(=O)OC(C)(C)C. The standard InChI is InChI=1S/C14H26N2O5/c1-14(2,3)21-13(19)6-5-11(17)15-8-7-12(18)16-9-10-20-4/h5-10H2,1-4H3,(H,15,17)(H,16,18). The number of ether oxygens (including phenoxy) is 2. The summed E-state index contributed by atoms with van der Waals surface area (Å²) in [5.41, 5.74) is -0.548. The molecular weight excluding hydrogens is 276 g/mol. The highest BCUT2D eigenvalue weighted by Gasteiger charge is 2.16. The molecule has 0 unspecified atom stereocenters. The number of hydrogen-bond acceptors (Lipinski definition) is 5. The molecule has 21 heavy (non-hydrogen) atoms. The van der Waals surface area contributed by atoms with Crippen LogP contribution in [-0.2, 0) is 23.9 Å². The van der Waals surface area contributed by atoms with Crippen LogP contribution in [0.15, 0.2) is 0 Å². The molecule has 0 aliphatic heterocycles. The number of carbonyl (C=O) groups is 3. The van der Waals surface area contributed by atoms with Crippen molar-refractivity contribution >= 4 is 17.8 Å². The molecule has 122 valence electrons. The molecule has 0 aliphatic rings. The summed E-state index contributed by atoms with van der Waals surface area (Å²) in [5.74, 6) is -0.833. The first-order valence-electron chi connectivity index (χ1n) is 6.99. The lowest BCUT2D eigenvalue weighted by molar-refractivity contribution is -0.155. The van der Waals surface area contributed by atoms with Gasteiger partial charge in [0.15, 0.2) is 0 Å². The molecule has 0 aromatic carbocycles. The first-order valence-corrected chi connectivity index (χ1v) is 6.99. The van der Waals surface area contributed by atoms with Crippen molar-refractivity contribution in [3.05, 3.63) is 0 Å². The van der Waals surface area contributed by atoms with Gasteiger partial charge in [-0.2, -0.15) is 0 Å². The molecule has 0 aromatic heterocycles. The number of nitrogens with one attached hydrogen (secondary N) is 2. The second-order valence-electron chi connectivity index (χ2n) is 5.53. The molecule has 0 atom stereocenters. The fourth-order valence-electron chi connectivity index (χ4n) is 1.39. The summed E-state index contributed by atoms with van der Waals surface area (Å²) in [6, 6.07) is 0. The van der Waals surface area contributed by atoms with Gasteiger partial charge in [0.05, 0.1) is 13.0 Å². The van der Waals surface area contributed by atoms with Gasteiger partial charge in [0, 0.05) is 33.0 Å². The van der Waals surface area contributed by atoms with Gasteiger partial charge in [0.2, 0.25) is 11.8 Å². The molecule has 2 N–H and O–H groups in total. The fraction of sp³-hybridized carbons (Fsp3) is 0.786. The van der Waals surface area contributed by atoms with Crippen molar-refractivity contribution in [2.24, 2.45) is 0 Å². The Hall–Kier alpha value is -1.63. The summed E-state index contributed by atoms with van der Waals surface area (Å²) in [6.07, 6.45) is 0.283. The van der Waals surface area contributed by atoms with E-state index >= 15 is 0 Å². The number of rotatable bonds is 9. The third kappa shape index (κ3) is 13.1. The van der Waals surface area contributed by atoms with Gasteiger partial charge in [-0.3, -0.25) is 14.4 Å². The van der Waals surface area contributed by atoms with Crippen molar-refractivity contribution in [1.29, 1.82) is 0 Å². The van der Waals surface area contributed by atoms with Crippen LogP contribution in [0.2, 0.25) is 0 Å². The number of amides is 2. The summed E-state index contributed by atoms with van der Waals surface area (Å²) in [7, 11) is 1.55. The van der Waals surface area contributed by atoms with Crippen molar-refractivity contribution in [3.8, 4) is 0 Å². The van der Waals surface area contributed by atoms with E-state index in [2.05, 4.69) is 10.6 Å². The second kappa shape index (κ2) is 10.1. The van der Waals surface area contributed by atoms with Crippen molar-refractivity contribution in [2.75, 3.05) is 26.8 Å². The number of carbonyl (C=O) groups excluding carboxylic acids is 3. The van der Waals surface area contributed by atoms with E-state index in [-0.39, 0.29) is 37.6 Å². The van der Waals surface area contributed by atoms with E-state index in [1.165, 1.54) is 0 Å². The van der Waals surface area contributed by atoms with Crippen LogP contribution in [0.1, 0.15) is 40.0 Å². The molecule has 0 spiro atoms. The van der Waals surface area contributed by atoms with Crippen LogP contribution in [0.5, 0.6) is 0 Å². The number of esters is 1. The molecule has 0 aromatic rings. The molecule has 0 fully saturated rings. The Kier molecular flexibility index (Phi) is 9.36. The van der Waals surface area contributed by atoms with Crippen LogP contribution in [-0.4, -0.2) is 50.2 Å². The fourth-order valence-corrected chi connectivity index (χ4v) is 1.39. The molecule has 0 saturated carbocycles. The molecule has 0 radical (unpaired) electrons.